The van der Waals surface area contributed by atoms with Crippen LogP contribution in [0.3, 0.4) is 0 Å². The lowest BCUT2D eigenvalue weighted by molar-refractivity contribution is -0.385. The summed E-state index contributed by atoms with van der Waals surface area (Å²) in [5.74, 6) is -0.777. The number of nitrogens with one attached hydrogen (secondary N) is 2. The Balaban J connectivity index is 1.48. The van der Waals surface area contributed by atoms with E-state index in [2.05, 4.69) is 10.9 Å². The number of rotatable bonds is 7. The van der Waals surface area contributed by atoms with Crippen molar-refractivity contribution in [2.24, 2.45) is 0 Å². The van der Waals surface area contributed by atoms with Crippen molar-refractivity contribution in [2.45, 2.75) is 13.0 Å². The van der Waals surface area contributed by atoms with Crippen molar-refractivity contribution < 1.29 is 24.0 Å². The van der Waals surface area contributed by atoms with Crippen LogP contribution in [0.25, 0.3) is 10.8 Å². The second kappa shape index (κ2) is 9.37. The lowest BCUT2D eigenvalue weighted by atomic mass is 10.1. The number of hydrogen-bond donors (Lipinski definition) is 2. The third kappa shape index (κ3) is 5.22. The molecule has 3 aromatic rings. The third-order valence-corrected chi connectivity index (χ3v) is 4.15. The molecule has 154 valence electrons. The summed E-state index contributed by atoms with van der Waals surface area (Å²) < 4.78 is 10.8. The van der Waals surface area contributed by atoms with Gasteiger partial charge in [-0.15, -0.1) is 0 Å². The lowest BCUT2D eigenvalue weighted by Crippen LogP contribution is -2.48. The Morgan fingerprint density at radius 1 is 1.00 bits per heavy atom. The van der Waals surface area contributed by atoms with E-state index in [0.29, 0.717) is 5.75 Å². The molecule has 3 rings (SSSR count). The molecule has 0 fully saturated rings. The van der Waals surface area contributed by atoms with Gasteiger partial charge in [0.05, 0.1) is 4.92 Å². The van der Waals surface area contributed by atoms with E-state index >= 15 is 0 Å². The minimum Gasteiger partial charge on any atom is -0.481 e. The van der Waals surface area contributed by atoms with E-state index in [1.54, 1.807) is 19.1 Å². The molecule has 0 spiro atoms. The van der Waals surface area contributed by atoms with Crippen LogP contribution in [-0.2, 0) is 9.59 Å². The number of hydrogen-bond acceptors (Lipinski definition) is 6. The van der Waals surface area contributed by atoms with Crippen LogP contribution in [0.15, 0.2) is 66.7 Å². The molecular formula is C21H19N3O6. The molecule has 1 atom stereocenters. The SMILES string of the molecule is CC(Oc1ccc2ccccc2c1)C(=O)NNC(=O)COc1ccccc1[N+](=O)[O-]. The number of carbonyl (C=O) groups excluding carboxylic acids is 2. The molecule has 0 aliphatic rings. The molecule has 30 heavy (non-hydrogen) atoms. The Morgan fingerprint density at radius 3 is 2.47 bits per heavy atom. The zero-order valence-corrected chi connectivity index (χ0v) is 16.0. The molecule has 0 heterocycles. The number of para-hydroxylation sites is 2. The highest BCUT2D eigenvalue weighted by Crippen LogP contribution is 2.25. The van der Waals surface area contributed by atoms with Gasteiger partial charge in [-0.1, -0.05) is 42.5 Å². The van der Waals surface area contributed by atoms with Crippen LogP contribution in [-0.4, -0.2) is 29.4 Å². The summed E-state index contributed by atoms with van der Waals surface area (Å²) in [5.41, 5.74) is 4.16. The van der Waals surface area contributed by atoms with Gasteiger partial charge in [0.1, 0.15) is 5.75 Å². The summed E-state index contributed by atoms with van der Waals surface area (Å²) in [4.78, 5) is 34.3. The zero-order chi connectivity index (χ0) is 21.5. The summed E-state index contributed by atoms with van der Waals surface area (Å²) in [5, 5.41) is 13.0. The Bertz CT molecular complexity index is 1090. The van der Waals surface area contributed by atoms with Gasteiger partial charge >= 0.3 is 5.69 Å². The van der Waals surface area contributed by atoms with Gasteiger partial charge in [0.15, 0.2) is 18.5 Å². The zero-order valence-electron chi connectivity index (χ0n) is 16.0. The van der Waals surface area contributed by atoms with E-state index in [0.717, 1.165) is 10.8 Å². The second-order valence-electron chi connectivity index (χ2n) is 6.32. The number of fused-ring (bicyclic) bond motifs is 1. The molecular weight excluding hydrogens is 390 g/mol. The minimum absolute atomic E-state index is 0.0445. The van der Waals surface area contributed by atoms with Crippen molar-refractivity contribution in [2.75, 3.05) is 6.61 Å². The molecule has 0 bridgehead atoms. The monoisotopic (exact) mass is 409 g/mol. The highest BCUT2D eigenvalue weighted by molar-refractivity contribution is 5.86. The van der Waals surface area contributed by atoms with Crippen LogP contribution in [0.4, 0.5) is 5.69 Å². The van der Waals surface area contributed by atoms with E-state index in [9.17, 15) is 19.7 Å². The molecule has 9 nitrogen and oxygen atoms in total. The van der Waals surface area contributed by atoms with Gasteiger partial charge in [-0.05, 0) is 35.9 Å². The number of nitro groups is 1. The van der Waals surface area contributed by atoms with Crippen molar-refractivity contribution >= 4 is 28.3 Å². The van der Waals surface area contributed by atoms with Crippen molar-refractivity contribution in [3.05, 3.63) is 76.8 Å². The van der Waals surface area contributed by atoms with Crippen LogP contribution in [0.2, 0.25) is 0 Å². The van der Waals surface area contributed by atoms with E-state index < -0.39 is 29.4 Å². The first-order valence-electron chi connectivity index (χ1n) is 9.04. The number of ether oxygens (including phenoxy) is 2. The molecule has 2 amide bonds. The summed E-state index contributed by atoms with van der Waals surface area (Å²) >= 11 is 0. The molecule has 2 N–H and O–H groups in total. The second-order valence-corrected chi connectivity index (χ2v) is 6.32. The maximum atomic E-state index is 12.2. The molecule has 0 aliphatic carbocycles. The van der Waals surface area contributed by atoms with Crippen molar-refractivity contribution in [3.8, 4) is 11.5 Å². The average molecular weight is 409 g/mol. The normalized spacial score (nSPS) is 11.4. The summed E-state index contributed by atoms with van der Waals surface area (Å²) in [6.07, 6.45) is -0.873. The predicted octanol–water partition coefficient (Wildman–Crippen LogP) is 2.74. The van der Waals surface area contributed by atoms with Gasteiger partial charge in [-0.2, -0.15) is 0 Å². The van der Waals surface area contributed by atoms with Crippen LogP contribution < -0.4 is 20.3 Å². The standard InChI is InChI=1S/C21H19N3O6/c1-14(30-17-11-10-15-6-2-3-7-16(15)12-17)21(26)23-22-20(25)13-29-19-9-5-4-8-18(19)24(27)28/h2-12,14H,13H2,1H3,(H,22,25)(H,23,26). The fourth-order valence-corrected chi connectivity index (χ4v) is 2.64. The Hall–Kier alpha value is -4.14. The quantitative estimate of drug-likeness (QED) is 0.457. The van der Waals surface area contributed by atoms with Gasteiger partial charge in [0, 0.05) is 6.07 Å². The third-order valence-electron chi connectivity index (χ3n) is 4.15. The van der Waals surface area contributed by atoms with E-state index in [4.69, 9.17) is 9.47 Å². The predicted molar refractivity (Wildman–Crippen MR) is 109 cm³/mol. The topological polar surface area (TPSA) is 120 Å². The molecule has 3 aromatic carbocycles. The Kier molecular flexibility index (Phi) is 6.43. The van der Waals surface area contributed by atoms with Crippen molar-refractivity contribution in [1.29, 1.82) is 0 Å². The molecule has 1 unspecified atom stereocenters. The van der Waals surface area contributed by atoms with Crippen molar-refractivity contribution in [1.82, 2.24) is 10.9 Å². The fourth-order valence-electron chi connectivity index (χ4n) is 2.64. The first-order valence-corrected chi connectivity index (χ1v) is 9.04. The van der Waals surface area contributed by atoms with E-state index in [-0.39, 0.29) is 11.4 Å². The van der Waals surface area contributed by atoms with Crippen LogP contribution >= 0.6 is 0 Å². The number of nitro benzene ring substituents is 1. The number of hydrazine groups is 1. The average Bonchev–Trinajstić information content (AvgIpc) is 2.76. The van der Waals surface area contributed by atoms with Gasteiger partial charge in [0.2, 0.25) is 0 Å². The van der Waals surface area contributed by atoms with Crippen LogP contribution in [0.1, 0.15) is 6.92 Å². The minimum atomic E-state index is -0.873. The number of nitrogens with zero attached hydrogens (tertiary/aromatic N) is 1. The van der Waals surface area contributed by atoms with Crippen LogP contribution in [0, 0.1) is 10.1 Å². The Labute approximate surface area is 171 Å². The first kappa shape index (κ1) is 20.6. The molecule has 0 aromatic heterocycles. The lowest BCUT2D eigenvalue weighted by Gasteiger charge is -2.15. The van der Waals surface area contributed by atoms with E-state index in [1.807, 2.05) is 36.4 Å². The smallest absolute Gasteiger partial charge is 0.310 e. The van der Waals surface area contributed by atoms with Gasteiger partial charge < -0.3 is 9.47 Å². The molecule has 0 radical (unpaired) electrons. The van der Waals surface area contributed by atoms with Crippen LogP contribution in [0.5, 0.6) is 11.5 Å². The number of amides is 2. The van der Waals surface area contributed by atoms with Gasteiger partial charge in [0.25, 0.3) is 11.8 Å². The van der Waals surface area contributed by atoms with Gasteiger partial charge in [-0.25, -0.2) is 0 Å². The Morgan fingerprint density at radius 2 is 1.70 bits per heavy atom. The maximum absolute atomic E-state index is 12.2. The summed E-state index contributed by atoms with van der Waals surface area (Å²) in [6, 6.07) is 18.9. The summed E-state index contributed by atoms with van der Waals surface area (Å²) in [6.45, 7) is 1.03. The largest absolute Gasteiger partial charge is 0.481 e. The maximum Gasteiger partial charge on any atom is 0.310 e. The number of carbonyl (C=O) groups is 2. The highest BCUT2D eigenvalue weighted by atomic mass is 16.6. The highest BCUT2D eigenvalue weighted by Gasteiger charge is 2.17. The number of benzene rings is 3. The first-order chi connectivity index (χ1) is 14.4. The molecule has 9 heteroatoms. The van der Waals surface area contributed by atoms with Gasteiger partial charge in [-0.3, -0.25) is 30.6 Å². The fraction of sp³-hybridized carbons (Fsp3) is 0.143. The molecule has 0 saturated heterocycles. The molecule has 0 saturated carbocycles. The van der Waals surface area contributed by atoms with Crippen molar-refractivity contribution in [3.63, 3.8) is 0 Å². The molecule has 0 aliphatic heterocycles. The van der Waals surface area contributed by atoms with E-state index in [1.165, 1.54) is 18.2 Å². The summed E-state index contributed by atoms with van der Waals surface area (Å²) in [7, 11) is 0.